The molecule has 1 aliphatic rings. The van der Waals surface area contributed by atoms with Crippen LogP contribution in [0.4, 0.5) is 0 Å². The third-order valence-corrected chi connectivity index (χ3v) is 2.28. The number of hydrogen-bond donors (Lipinski definition) is 0. The highest BCUT2D eigenvalue weighted by atomic mass is 16.5. The quantitative estimate of drug-likeness (QED) is 0.405. The van der Waals surface area contributed by atoms with Gasteiger partial charge in [-0.15, -0.1) is 0 Å². The van der Waals surface area contributed by atoms with Crippen molar-refractivity contribution < 1.29 is 9.53 Å². The molecule has 1 unspecified atom stereocenters. The third-order valence-electron chi connectivity index (χ3n) is 2.28. The van der Waals surface area contributed by atoms with Crippen LogP contribution in [0.3, 0.4) is 0 Å². The summed E-state index contributed by atoms with van der Waals surface area (Å²) in [5, 5.41) is 0. The van der Waals surface area contributed by atoms with Crippen LogP contribution >= 0.6 is 0 Å². The van der Waals surface area contributed by atoms with Crippen LogP contribution in [0.25, 0.3) is 0 Å². The summed E-state index contributed by atoms with van der Waals surface area (Å²) in [6.07, 6.45) is 5.81. The fraction of sp³-hybridized carbons (Fsp3) is 0.250. The van der Waals surface area contributed by atoms with E-state index in [4.69, 9.17) is 4.74 Å². The number of allylic oxidation sites excluding steroid dienone is 1. The molecule has 1 aromatic carbocycles. The highest BCUT2D eigenvalue weighted by Gasteiger charge is 2.19. The van der Waals surface area contributed by atoms with Gasteiger partial charge in [0.2, 0.25) is 0 Å². The molecule has 0 N–H and O–H groups in total. The summed E-state index contributed by atoms with van der Waals surface area (Å²) in [5.74, 6) is 0.429. The number of ether oxygens (including phenoxy) is 1. The number of hydrogen-bond acceptors (Lipinski definition) is 2. The summed E-state index contributed by atoms with van der Waals surface area (Å²) in [7, 11) is 0. The maximum atomic E-state index is 11.5. The second-order valence-electron chi connectivity index (χ2n) is 3.35. The zero-order chi connectivity index (χ0) is 9.80. The van der Waals surface area contributed by atoms with Crippen LogP contribution in [0.1, 0.15) is 12.8 Å². The van der Waals surface area contributed by atoms with E-state index in [2.05, 4.69) is 0 Å². The molecule has 0 bridgehead atoms. The topological polar surface area (TPSA) is 26.3 Å². The van der Waals surface area contributed by atoms with E-state index in [1.807, 2.05) is 30.4 Å². The first-order valence-corrected chi connectivity index (χ1v) is 4.79. The van der Waals surface area contributed by atoms with E-state index in [1.165, 1.54) is 0 Å². The van der Waals surface area contributed by atoms with Crippen molar-refractivity contribution in [1.29, 1.82) is 0 Å². The van der Waals surface area contributed by atoms with E-state index in [0.29, 0.717) is 5.75 Å². The molecule has 2 nitrogen and oxygen atoms in total. The number of benzene rings is 1. The molecular weight excluding hydrogens is 176 g/mol. The molecular formula is C12H12O2. The lowest BCUT2D eigenvalue weighted by atomic mass is 10.1. The summed E-state index contributed by atoms with van der Waals surface area (Å²) in [4.78, 5) is 11.5. The number of para-hydroxylation sites is 1. The lowest BCUT2D eigenvalue weighted by Crippen LogP contribution is -2.16. The second kappa shape index (κ2) is 4.09. The van der Waals surface area contributed by atoms with Gasteiger partial charge in [0.1, 0.15) is 5.75 Å². The molecule has 72 valence electrons. The summed E-state index contributed by atoms with van der Waals surface area (Å²) in [5.41, 5.74) is 0. The predicted molar refractivity (Wildman–Crippen MR) is 53.9 cm³/mol. The van der Waals surface area contributed by atoms with Crippen LogP contribution in [0.5, 0.6) is 5.75 Å². The molecule has 0 aromatic heterocycles. The van der Waals surface area contributed by atoms with Crippen LogP contribution in [0, 0.1) is 5.92 Å². The average Bonchev–Trinajstić information content (AvgIpc) is 2.72. The van der Waals surface area contributed by atoms with E-state index in [9.17, 15) is 4.79 Å². The Morgan fingerprint density at radius 1 is 1.29 bits per heavy atom. The Morgan fingerprint density at radius 3 is 2.71 bits per heavy atom. The average molecular weight is 188 g/mol. The van der Waals surface area contributed by atoms with Crippen LogP contribution in [0.2, 0.25) is 0 Å². The molecule has 14 heavy (non-hydrogen) atoms. The van der Waals surface area contributed by atoms with Crippen molar-refractivity contribution in [2.24, 2.45) is 5.92 Å². The van der Waals surface area contributed by atoms with Gasteiger partial charge in [-0.05, 0) is 25.0 Å². The van der Waals surface area contributed by atoms with Crippen LogP contribution in [0.15, 0.2) is 42.5 Å². The van der Waals surface area contributed by atoms with Gasteiger partial charge in [-0.1, -0.05) is 30.4 Å². The van der Waals surface area contributed by atoms with Gasteiger partial charge in [-0.2, -0.15) is 0 Å². The SMILES string of the molecule is O=C(Oc1ccccc1)C1C=CCC1. The highest BCUT2D eigenvalue weighted by Crippen LogP contribution is 2.20. The summed E-state index contributed by atoms with van der Waals surface area (Å²) in [6, 6.07) is 9.18. The molecule has 0 fully saturated rings. The fourth-order valence-electron chi connectivity index (χ4n) is 1.51. The Labute approximate surface area is 83.2 Å². The first kappa shape index (κ1) is 9.00. The van der Waals surface area contributed by atoms with Gasteiger partial charge in [-0.25, -0.2) is 0 Å². The number of esters is 1. The molecule has 1 aromatic rings. The van der Waals surface area contributed by atoms with Crippen molar-refractivity contribution in [3.05, 3.63) is 42.5 Å². The Morgan fingerprint density at radius 2 is 2.07 bits per heavy atom. The smallest absolute Gasteiger partial charge is 0.318 e. The van der Waals surface area contributed by atoms with Crippen molar-refractivity contribution in [2.75, 3.05) is 0 Å². The molecule has 0 heterocycles. The third kappa shape index (κ3) is 2.02. The zero-order valence-corrected chi connectivity index (χ0v) is 7.85. The summed E-state index contributed by atoms with van der Waals surface area (Å²) >= 11 is 0. The van der Waals surface area contributed by atoms with Gasteiger partial charge in [0.25, 0.3) is 0 Å². The largest absolute Gasteiger partial charge is 0.426 e. The lowest BCUT2D eigenvalue weighted by Gasteiger charge is -2.07. The van der Waals surface area contributed by atoms with Crippen molar-refractivity contribution in [3.63, 3.8) is 0 Å². The van der Waals surface area contributed by atoms with Gasteiger partial charge in [0.15, 0.2) is 0 Å². The van der Waals surface area contributed by atoms with Crippen LogP contribution < -0.4 is 4.74 Å². The van der Waals surface area contributed by atoms with Crippen molar-refractivity contribution in [3.8, 4) is 5.75 Å². The van der Waals surface area contributed by atoms with Gasteiger partial charge in [0, 0.05) is 0 Å². The minimum absolute atomic E-state index is 0.0461. The Bertz CT molecular complexity index is 341. The van der Waals surface area contributed by atoms with Crippen molar-refractivity contribution in [1.82, 2.24) is 0 Å². The minimum Gasteiger partial charge on any atom is -0.426 e. The van der Waals surface area contributed by atoms with Crippen molar-refractivity contribution >= 4 is 5.97 Å². The fourth-order valence-corrected chi connectivity index (χ4v) is 1.51. The Kier molecular flexibility index (Phi) is 2.63. The maximum Gasteiger partial charge on any atom is 0.318 e. The van der Waals surface area contributed by atoms with Gasteiger partial charge < -0.3 is 4.74 Å². The lowest BCUT2D eigenvalue weighted by molar-refractivity contribution is -0.137. The first-order chi connectivity index (χ1) is 6.86. The Balaban J connectivity index is 1.98. The first-order valence-electron chi connectivity index (χ1n) is 4.79. The predicted octanol–water partition coefficient (Wildman–Crippen LogP) is 2.56. The molecule has 0 saturated heterocycles. The van der Waals surface area contributed by atoms with E-state index >= 15 is 0 Å². The number of carbonyl (C=O) groups excluding carboxylic acids is 1. The summed E-state index contributed by atoms with van der Waals surface area (Å²) < 4.78 is 5.21. The van der Waals surface area contributed by atoms with Gasteiger partial charge in [0.05, 0.1) is 5.92 Å². The van der Waals surface area contributed by atoms with Crippen LogP contribution in [-0.2, 0) is 4.79 Å². The minimum atomic E-state index is -0.148. The van der Waals surface area contributed by atoms with E-state index in [0.717, 1.165) is 12.8 Å². The molecule has 0 spiro atoms. The maximum absolute atomic E-state index is 11.5. The number of carbonyl (C=O) groups is 1. The second-order valence-corrected chi connectivity index (χ2v) is 3.35. The van der Waals surface area contributed by atoms with E-state index < -0.39 is 0 Å². The molecule has 0 aliphatic heterocycles. The highest BCUT2D eigenvalue weighted by molar-refractivity contribution is 5.77. The molecule has 0 radical (unpaired) electrons. The van der Waals surface area contributed by atoms with E-state index in [-0.39, 0.29) is 11.9 Å². The normalized spacial score (nSPS) is 19.6. The van der Waals surface area contributed by atoms with Gasteiger partial charge in [-0.3, -0.25) is 4.79 Å². The monoisotopic (exact) mass is 188 g/mol. The van der Waals surface area contributed by atoms with Crippen LogP contribution in [-0.4, -0.2) is 5.97 Å². The van der Waals surface area contributed by atoms with Crippen molar-refractivity contribution in [2.45, 2.75) is 12.8 Å². The van der Waals surface area contributed by atoms with Gasteiger partial charge >= 0.3 is 5.97 Å². The molecule has 2 rings (SSSR count). The van der Waals surface area contributed by atoms with E-state index in [1.54, 1.807) is 12.1 Å². The zero-order valence-electron chi connectivity index (χ0n) is 7.85. The summed E-state index contributed by atoms with van der Waals surface area (Å²) in [6.45, 7) is 0. The standard InChI is InChI=1S/C12H12O2/c13-12(10-6-4-5-7-10)14-11-8-2-1-3-9-11/h1-4,6,8-10H,5,7H2. The molecule has 1 atom stereocenters. The molecule has 0 amide bonds. The molecule has 1 aliphatic carbocycles. The molecule has 2 heteroatoms. The Hall–Kier alpha value is -1.57. The molecule has 0 saturated carbocycles. The number of rotatable bonds is 2.